The summed E-state index contributed by atoms with van der Waals surface area (Å²) in [6, 6.07) is 16.9. The summed E-state index contributed by atoms with van der Waals surface area (Å²) in [5.74, 6) is 1.31. The van der Waals surface area contributed by atoms with Gasteiger partial charge >= 0.3 is 0 Å². The zero-order valence-electron chi connectivity index (χ0n) is 12.8. The van der Waals surface area contributed by atoms with Gasteiger partial charge in [0.1, 0.15) is 11.6 Å². The van der Waals surface area contributed by atoms with Crippen molar-refractivity contribution in [3.8, 4) is 5.75 Å². The van der Waals surface area contributed by atoms with Crippen LogP contribution < -0.4 is 15.4 Å². The lowest BCUT2D eigenvalue weighted by Gasteiger charge is -2.18. The predicted octanol–water partition coefficient (Wildman–Crippen LogP) is 2.44. The molecule has 3 rings (SSSR count). The summed E-state index contributed by atoms with van der Waals surface area (Å²) in [4.78, 5) is 16.6. The van der Waals surface area contributed by atoms with E-state index < -0.39 is 0 Å². The summed E-state index contributed by atoms with van der Waals surface area (Å²) in [5.41, 5.74) is 1.64. The van der Waals surface area contributed by atoms with Crippen molar-refractivity contribution in [1.82, 2.24) is 5.32 Å². The Hall–Kier alpha value is -2.82. The number of benzene rings is 2. The third-order valence-electron chi connectivity index (χ3n) is 3.47. The molecule has 118 valence electrons. The number of rotatable bonds is 5. The van der Waals surface area contributed by atoms with Crippen molar-refractivity contribution in [2.24, 2.45) is 4.99 Å². The van der Waals surface area contributed by atoms with Crippen LogP contribution in [0.2, 0.25) is 0 Å². The Labute approximate surface area is 135 Å². The van der Waals surface area contributed by atoms with Crippen LogP contribution in [0, 0.1) is 0 Å². The third-order valence-corrected chi connectivity index (χ3v) is 3.47. The minimum Gasteiger partial charge on any atom is -0.484 e. The summed E-state index contributed by atoms with van der Waals surface area (Å²) >= 11 is 0. The van der Waals surface area contributed by atoms with Crippen molar-refractivity contribution in [3.05, 3.63) is 60.2 Å². The first-order valence-corrected chi connectivity index (χ1v) is 7.68. The molecule has 0 unspecified atom stereocenters. The number of carbonyl (C=O) groups is 1. The molecule has 1 aliphatic heterocycles. The highest BCUT2D eigenvalue weighted by Gasteiger charge is 2.13. The zero-order valence-corrected chi connectivity index (χ0v) is 12.8. The first-order valence-electron chi connectivity index (χ1n) is 7.68. The minimum absolute atomic E-state index is 0.0295. The number of hydrogen-bond acceptors (Lipinski definition) is 4. The van der Waals surface area contributed by atoms with E-state index in [4.69, 9.17) is 4.74 Å². The molecule has 23 heavy (non-hydrogen) atoms. The normalized spacial score (nSPS) is 13.7. The lowest BCUT2D eigenvalue weighted by Crippen LogP contribution is -2.31. The molecule has 0 radical (unpaired) electrons. The second-order valence-corrected chi connectivity index (χ2v) is 5.21. The molecule has 0 saturated carbocycles. The van der Waals surface area contributed by atoms with Gasteiger partial charge in [0.2, 0.25) is 0 Å². The van der Waals surface area contributed by atoms with E-state index >= 15 is 0 Å². The summed E-state index contributed by atoms with van der Waals surface area (Å²) in [6.07, 6.45) is 1.03. The third kappa shape index (κ3) is 4.10. The Balaban J connectivity index is 1.65. The van der Waals surface area contributed by atoms with Crippen molar-refractivity contribution in [3.63, 3.8) is 0 Å². The smallest absolute Gasteiger partial charge is 0.262 e. The summed E-state index contributed by atoms with van der Waals surface area (Å²) in [5, 5.41) is 6.17. The molecule has 1 aliphatic rings. The second kappa shape index (κ2) is 7.45. The van der Waals surface area contributed by atoms with Crippen LogP contribution in [-0.4, -0.2) is 31.4 Å². The van der Waals surface area contributed by atoms with Crippen LogP contribution in [0.4, 0.5) is 5.69 Å². The lowest BCUT2D eigenvalue weighted by molar-refractivity contribution is -0.118. The summed E-state index contributed by atoms with van der Waals surface area (Å²) in [7, 11) is 0. The van der Waals surface area contributed by atoms with E-state index in [0.717, 1.165) is 36.6 Å². The van der Waals surface area contributed by atoms with Gasteiger partial charge in [-0.3, -0.25) is 9.79 Å². The van der Waals surface area contributed by atoms with Crippen molar-refractivity contribution in [2.45, 2.75) is 6.42 Å². The molecule has 2 aromatic carbocycles. The van der Waals surface area contributed by atoms with Crippen LogP contribution in [0.5, 0.6) is 5.75 Å². The maximum Gasteiger partial charge on any atom is 0.262 e. The molecule has 0 fully saturated rings. The van der Waals surface area contributed by atoms with Crippen molar-refractivity contribution >= 4 is 17.4 Å². The number of ether oxygens (including phenoxy) is 1. The van der Waals surface area contributed by atoms with Gasteiger partial charge < -0.3 is 15.4 Å². The average molecular weight is 309 g/mol. The quantitative estimate of drug-likeness (QED) is 0.892. The first kappa shape index (κ1) is 15.1. The average Bonchev–Trinajstić information content (AvgIpc) is 2.62. The number of amides is 1. The number of hydrogen-bond donors (Lipinski definition) is 2. The van der Waals surface area contributed by atoms with Gasteiger partial charge in [0.15, 0.2) is 6.61 Å². The van der Waals surface area contributed by atoms with E-state index in [1.165, 1.54) is 0 Å². The first-order chi connectivity index (χ1) is 11.3. The van der Waals surface area contributed by atoms with Gasteiger partial charge in [-0.25, -0.2) is 0 Å². The molecule has 5 nitrogen and oxygen atoms in total. The van der Waals surface area contributed by atoms with Crippen LogP contribution in [-0.2, 0) is 4.79 Å². The summed E-state index contributed by atoms with van der Waals surface area (Å²) in [6.45, 7) is 1.68. The highest BCUT2D eigenvalue weighted by atomic mass is 16.5. The number of amidine groups is 1. The van der Waals surface area contributed by atoms with Gasteiger partial charge in [0.25, 0.3) is 5.91 Å². The number of anilines is 1. The van der Waals surface area contributed by atoms with Crippen LogP contribution in [0.15, 0.2) is 59.6 Å². The molecule has 0 saturated heterocycles. The molecule has 0 spiro atoms. The molecule has 2 aromatic rings. The van der Waals surface area contributed by atoms with E-state index in [1.807, 2.05) is 54.6 Å². The monoisotopic (exact) mass is 309 g/mol. The van der Waals surface area contributed by atoms with Gasteiger partial charge in [-0.2, -0.15) is 0 Å². The molecule has 1 heterocycles. The molecule has 0 aromatic heterocycles. The van der Waals surface area contributed by atoms with E-state index in [2.05, 4.69) is 15.6 Å². The Morgan fingerprint density at radius 1 is 1.13 bits per heavy atom. The molecule has 0 atom stereocenters. The Bertz CT molecular complexity index is 698. The van der Waals surface area contributed by atoms with Crippen LogP contribution in [0.1, 0.15) is 12.0 Å². The van der Waals surface area contributed by atoms with Crippen LogP contribution in [0.25, 0.3) is 0 Å². The largest absolute Gasteiger partial charge is 0.484 e. The van der Waals surface area contributed by atoms with Crippen LogP contribution in [0.3, 0.4) is 0 Å². The maximum atomic E-state index is 12.1. The molecular formula is C18H19N3O2. The van der Waals surface area contributed by atoms with E-state index in [-0.39, 0.29) is 12.5 Å². The number of aliphatic imine (C=N–C) groups is 1. The molecule has 0 bridgehead atoms. The van der Waals surface area contributed by atoms with E-state index in [9.17, 15) is 4.79 Å². The van der Waals surface area contributed by atoms with Crippen molar-refractivity contribution < 1.29 is 9.53 Å². The molecule has 2 N–H and O–H groups in total. The number of para-hydroxylation sites is 2. The second-order valence-electron chi connectivity index (χ2n) is 5.21. The number of nitrogens with one attached hydrogen (secondary N) is 2. The Kier molecular flexibility index (Phi) is 4.88. The van der Waals surface area contributed by atoms with Gasteiger partial charge in [-0.05, 0) is 30.7 Å². The minimum atomic E-state index is -0.197. The van der Waals surface area contributed by atoms with Crippen molar-refractivity contribution in [1.29, 1.82) is 0 Å². The van der Waals surface area contributed by atoms with Crippen molar-refractivity contribution in [2.75, 3.05) is 25.0 Å². The van der Waals surface area contributed by atoms with Gasteiger partial charge in [-0.15, -0.1) is 0 Å². The lowest BCUT2D eigenvalue weighted by atomic mass is 10.1. The topological polar surface area (TPSA) is 62.7 Å². The van der Waals surface area contributed by atoms with E-state index in [0.29, 0.717) is 5.75 Å². The van der Waals surface area contributed by atoms with Gasteiger partial charge in [-0.1, -0.05) is 30.3 Å². The van der Waals surface area contributed by atoms with Gasteiger partial charge in [0.05, 0.1) is 5.69 Å². The fourth-order valence-electron chi connectivity index (χ4n) is 2.36. The van der Waals surface area contributed by atoms with Crippen LogP contribution >= 0.6 is 0 Å². The highest BCUT2D eigenvalue weighted by Crippen LogP contribution is 2.17. The fourth-order valence-corrected chi connectivity index (χ4v) is 2.36. The van der Waals surface area contributed by atoms with E-state index in [1.54, 1.807) is 0 Å². The maximum absolute atomic E-state index is 12.1. The standard InChI is InChI=1S/C18H19N3O2/c22-17(13-23-14-7-2-1-3-8-14)21-16-10-5-4-9-15(16)18-19-11-6-12-20-18/h1-5,7-10H,6,11-13H2,(H,19,20)(H,21,22). The Morgan fingerprint density at radius 3 is 2.70 bits per heavy atom. The SMILES string of the molecule is O=C(COc1ccccc1)Nc1ccccc1C1=NCCCN1. The molecule has 5 heteroatoms. The molecule has 0 aliphatic carbocycles. The van der Waals surface area contributed by atoms with Gasteiger partial charge in [0, 0.05) is 18.7 Å². The number of carbonyl (C=O) groups excluding carboxylic acids is 1. The fraction of sp³-hybridized carbons (Fsp3) is 0.222. The summed E-state index contributed by atoms with van der Waals surface area (Å²) < 4.78 is 5.47. The molecule has 1 amide bonds. The highest BCUT2D eigenvalue weighted by molar-refractivity contribution is 6.06. The zero-order chi connectivity index (χ0) is 15.9. The molecular weight excluding hydrogens is 290 g/mol. The number of nitrogens with zero attached hydrogens (tertiary/aromatic N) is 1. The predicted molar refractivity (Wildman–Crippen MR) is 91.0 cm³/mol. The Morgan fingerprint density at radius 2 is 1.91 bits per heavy atom.